The van der Waals surface area contributed by atoms with E-state index in [0.717, 1.165) is 11.6 Å². The molecule has 0 aliphatic carbocycles. The van der Waals surface area contributed by atoms with Gasteiger partial charge in [0.05, 0.1) is 6.61 Å². The standard InChI is InChI=1S/C14H15FO3/c1-10(2)7-8-18-13-5-4-12(15)9-11(13)3-6-14(16)17/h3-6,9H,1,7-8H2,2H3,(H,16,17)/b6-3+. The van der Waals surface area contributed by atoms with Crippen LogP contribution in [0, 0.1) is 5.82 Å². The summed E-state index contributed by atoms with van der Waals surface area (Å²) in [6, 6.07) is 3.99. The zero-order valence-corrected chi connectivity index (χ0v) is 10.1. The molecule has 0 spiro atoms. The Labute approximate surface area is 105 Å². The van der Waals surface area contributed by atoms with Crippen LogP contribution in [0.25, 0.3) is 6.08 Å². The number of ether oxygens (including phenoxy) is 1. The Kier molecular flexibility index (Phi) is 5.11. The van der Waals surface area contributed by atoms with Crippen molar-refractivity contribution >= 4 is 12.0 Å². The van der Waals surface area contributed by atoms with Crippen molar-refractivity contribution in [2.45, 2.75) is 13.3 Å². The first-order valence-electron chi connectivity index (χ1n) is 5.47. The fourth-order valence-corrected chi connectivity index (χ4v) is 1.28. The van der Waals surface area contributed by atoms with Crippen molar-refractivity contribution in [3.63, 3.8) is 0 Å². The number of aliphatic carboxylic acids is 1. The molecule has 0 radical (unpaired) electrons. The number of carbonyl (C=O) groups is 1. The van der Waals surface area contributed by atoms with Gasteiger partial charge < -0.3 is 9.84 Å². The molecule has 4 heteroatoms. The summed E-state index contributed by atoms with van der Waals surface area (Å²) in [6.07, 6.45) is 2.95. The predicted octanol–water partition coefficient (Wildman–Crippen LogP) is 3.27. The van der Waals surface area contributed by atoms with Gasteiger partial charge in [0, 0.05) is 18.1 Å². The monoisotopic (exact) mass is 250 g/mol. The highest BCUT2D eigenvalue weighted by Crippen LogP contribution is 2.21. The molecule has 0 atom stereocenters. The zero-order valence-electron chi connectivity index (χ0n) is 10.1. The van der Waals surface area contributed by atoms with Crippen molar-refractivity contribution in [3.8, 4) is 5.75 Å². The van der Waals surface area contributed by atoms with Crippen molar-refractivity contribution in [1.82, 2.24) is 0 Å². The lowest BCUT2D eigenvalue weighted by molar-refractivity contribution is -0.131. The fraction of sp³-hybridized carbons (Fsp3) is 0.214. The quantitative estimate of drug-likeness (QED) is 0.622. The van der Waals surface area contributed by atoms with E-state index in [1.54, 1.807) is 0 Å². The highest BCUT2D eigenvalue weighted by molar-refractivity contribution is 5.85. The number of carboxylic acids is 1. The molecule has 0 bridgehead atoms. The van der Waals surface area contributed by atoms with Crippen LogP contribution in [0.5, 0.6) is 5.75 Å². The maximum Gasteiger partial charge on any atom is 0.328 e. The van der Waals surface area contributed by atoms with Gasteiger partial charge in [-0.05, 0) is 31.2 Å². The topological polar surface area (TPSA) is 46.5 Å². The SMILES string of the molecule is C=C(C)CCOc1ccc(F)cc1/C=C/C(=O)O. The molecule has 96 valence electrons. The molecule has 1 aromatic carbocycles. The highest BCUT2D eigenvalue weighted by atomic mass is 19.1. The fourth-order valence-electron chi connectivity index (χ4n) is 1.28. The van der Waals surface area contributed by atoms with E-state index in [9.17, 15) is 9.18 Å². The Morgan fingerprint density at radius 2 is 2.28 bits per heavy atom. The lowest BCUT2D eigenvalue weighted by atomic mass is 10.2. The van der Waals surface area contributed by atoms with E-state index in [1.165, 1.54) is 24.3 Å². The number of hydrogen-bond donors (Lipinski definition) is 1. The third-order valence-electron chi connectivity index (χ3n) is 2.16. The van der Waals surface area contributed by atoms with E-state index in [0.29, 0.717) is 24.3 Å². The molecule has 0 saturated carbocycles. The second-order valence-corrected chi connectivity index (χ2v) is 3.91. The van der Waals surface area contributed by atoms with E-state index in [1.807, 2.05) is 6.92 Å². The van der Waals surface area contributed by atoms with Crippen LogP contribution in [0.1, 0.15) is 18.9 Å². The zero-order chi connectivity index (χ0) is 13.5. The van der Waals surface area contributed by atoms with Crippen LogP contribution in [0.2, 0.25) is 0 Å². The summed E-state index contributed by atoms with van der Waals surface area (Å²) >= 11 is 0. The molecule has 1 N–H and O–H groups in total. The summed E-state index contributed by atoms with van der Waals surface area (Å²) < 4.78 is 18.5. The number of halogens is 1. The second kappa shape index (κ2) is 6.59. The molecule has 0 unspecified atom stereocenters. The minimum Gasteiger partial charge on any atom is -0.493 e. The first-order valence-corrected chi connectivity index (χ1v) is 5.47. The Balaban J connectivity index is 2.82. The van der Waals surface area contributed by atoms with Crippen molar-refractivity contribution < 1.29 is 19.0 Å². The molecule has 0 fully saturated rings. The summed E-state index contributed by atoms with van der Waals surface area (Å²) in [4.78, 5) is 10.4. The molecule has 1 aromatic rings. The van der Waals surface area contributed by atoms with Gasteiger partial charge in [-0.15, -0.1) is 6.58 Å². The minimum absolute atomic E-state index is 0.402. The molecule has 18 heavy (non-hydrogen) atoms. The molecule has 0 aliphatic heterocycles. The van der Waals surface area contributed by atoms with Crippen LogP contribution >= 0.6 is 0 Å². The molecule has 0 aromatic heterocycles. The van der Waals surface area contributed by atoms with Crippen LogP contribution in [0.4, 0.5) is 4.39 Å². The summed E-state index contributed by atoms with van der Waals surface area (Å²) in [6.45, 7) is 6.06. The van der Waals surface area contributed by atoms with E-state index < -0.39 is 11.8 Å². The van der Waals surface area contributed by atoms with E-state index >= 15 is 0 Å². The number of hydrogen-bond acceptors (Lipinski definition) is 2. The average molecular weight is 250 g/mol. The molecule has 3 nitrogen and oxygen atoms in total. The van der Waals surface area contributed by atoms with E-state index in [-0.39, 0.29) is 0 Å². The summed E-state index contributed by atoms with van der Waals surface area (Å²) in [5, 5.41) is 8.55. The van der Waals surface area contributed by atoms with E-state index in [4.69, 9.17) is 9.84 Å². The van der Waals surface area contributed by atoms with Crippen molar-refractivity contribution in [3.05, 3.63) is 47.8 Å². The first-order chi connectivity index (χ1) is 8.49. The van der Waals surface area contributed by atoms with Gasteiger partial charge >= 0.3 is 5.97 Å². The largest absolute Gasteiger partial charge is 0.493 e. The van der Waals surface area contributed by atoms with Gasteiger partial charge in [-0.2, -0.15) is 0 Å². The molecule has 0 saturated heterocycles. The van der Waals surface area contributed by atoms with Crippen molar-refractivity contribution in [1.29, 1.82) is 0 Å². The Hall–Kier alpha value is -2.10. The molecular weight excluding hydrogens is 235 g/mol. The van der Waals surface area contributed by atoms with Gasteiger partial charge in [0.1, 0.15) is 11.6 Å². The summed E-state index contributed by atoms with van der Waals surface area (Å²) in [7, 11) is 0. The third-order valence-corrected chi connectivity index (χ3v) is 2.16. The highest BCUT2D eigenvalue weighted by Gasteiger charge is 2.03. The maximum absolute atomic E-state index is 13.1. The Morgan fingerprint density at radius 1 is 1.56 bits per heavy atom. The van der Waals surface area contributed by atoms with Crippen molar-refractivity contribution in [2.24, 2.45) is 0 Å². The van der Waals surface area contributed by atoms with Crippen LogP contribution in [-0.4, -0.2) is 17.7 Å². The molecule has 0 aliphatic rings. The Morgan fingerprint density at radius 3 is 2.89 bits per heavy atom. The maximum atomic E-state index is 13.1. The van der Waals surface area contributed by atoms with Crippen LogP contribution < -0.4 is 4.74 Å². The third kappa shape index (κ3) is 4.82. The van der Waals surface area contributed by atoms with Gasteiger partial charge in [0.2, 0.25) is 0 Å². The van der Waals surface area contributed by atoms with Gasteiger partial charge in [-0.25, -0.2) is 9.18 Å². The first kappa shape index (κ1) is 14.0. The molecule has 0 amide bonds. The van der Waals surface area contributed by atoms with Gasteiger partial charge in [0.25, 0.3) is 0 Å². The predicted molar refractivity (Wildman–Crippen MR) is 68.0 cm³/mol. The smallest absolute Gasteiger partial charge is 0.328 e. The number of carboxylic acid groups (broad SMARTS) is 1. The summed E-state index contributed by atoms with van der Waals surface area (Å²) in [5.41, 5.74) is 1.39. The van der Waals surface area contributed by atoms with Gasteiger partial charge in [-0.3, -0.25) is 0 Å². The van der Waals surface area contributed by atoms with Crippen LogP contribution in [0.15, 0.2) is 36.4 Å². The molecular formula is C14H15FO3. The molecule has 1 rings (SSSR count). The van der Waals surface area contributed by atoms with Crippen LogP contribution in [-0.2, 0) is 4.79 Å². The lowest BCUT2D eigenvalue weighted by Crippen LogP contribution is -1.99. The number of rotatable bonds is 6. The lowest BCUT2D eigenvalue weighted by Gasteiger charge is -2.09. The second-order valence-electron chi connectivity index (χ2n) is 3.91. The van der Waals surface area contributed by atoms with Gasteiger partial charge in [-0.1, -0.05) is 5.57 Å². The van der Waals surface area contributed by atoms with Crippen molar-refractivity contribution in [2.75, 3.05) is 6.61 Å². The van der Waals surface area contributed by atoms with E-state index in [2.05, 4.69) is 6.58 Å². The normalized spacial score (nSPS) is 10.6. The Bertz CT molecular complexity index is 478. The van der Waals surface area contributed by atoms with Crippen LogP contribution in [0.3, 0.4) is 0 Å². The van der Waals surface area contributed by atoms with Gasteiger partial charge in [0.15, 0.2) is 0 Å². The number of benzene rings is 1. The minimum atomic E-state index is -1.09. The average Bonchev–Trinajstić information content (AvgIpc) is 2.28. The molecule has 0 heterocycles. The summed E-state index contributed by atoms with van der Waals surface area (Å²) in [5.74, 6) is -1.07.